The maximum Gasteiger partial charge on any atom is 0.306 e. The molecule has 0 rings (SSSR count). The quantitative estimate of drug-likeness (QED) is 0.0346. The van der Waals surface area contributed by atoms with Crippen LogP contribution in [0.15, 0.2) is 48.6 Å². The van der Waals surface area contributed by atoms with Crippen molar-refractivity contribution < 1.29 is 23.8 Å². The summed E-state index contributed by atoms with van der Waals surface area (Å²) >= 11 is 0. The maximum absolute atomic E-state index is 12.8. The highest BCUT2D eigenvalue weighted by Gasteiger charge is 2.17. The summed E-state index contributed by atoms with van der Waals surface area (Å²) in [5.74, 6) is -0.404. The lowest BCUT2D eigenvalue weighted by atomic mass is 10.0. The Balaban J connectivity index is 4.25. The van der Waals surface area contributed by atoms with Crippen molar-refractivity contribution in [2.75, 3.05) is 19.8 Å². The van der Waals surface area contributed by atoms with E-state index in [0.29, 0.717) is 19.4 Å². The smallest absolute Gasteiger partial charge is 0.306 e. The van der Waals surface area contributed by atoms with Crippen molar-refractivity contribution in [3.8, 4) is 0 Å². The molecule has 0 aromatic carbocycles. The molecule has 1 unspecified atom stereocenters. The first-order valence-electron chi connectivity index (χ1n) is 27.2. The highest BCUT2D eigenvalue weighted by Crippen LogP contribution is 2.15. The first-order valence-corrected chi connectivity index (χ1v) is 27.2. The number of unbranched alkanes of at least 4 members (excludes halogenated alkanes) is 31. The van der Waals surface area contributed by atoms with Crippen LogP contribution < -0.4 is 0 Å². The van der Waals surface area contributed by atoms with Crippen molar-refractivity contribution >= 4 is 11.9 Å². The summed E-state index contributed by atoms with van der Waals surface area (Å²) in [4.78, 5) is 25.4. The molecule has 0 radical (unpaired) electrons. The predicted molar refractivity (Wildman–Crippen MR) is 270 cm³/mol. The number of rotatable bonds is 50. The number of hydrogen-bond donors (Lipinski definition) is 0. The van der Waals surface area contributed by atoms with Gasteiger partial charge < -0.3 is 14.2 Å². The molecule has 0 spiro atoms. The van der Waals surface area contributed by atoms with E-state index in [2.05, 4.69) is 69.4 Å². The van der Waals surface area contributed by atoms with Gasteiger partial charge in [0.15, 0.2) is 6.10 Å². The molecule has 5 nitrogen and oxygen atoms in total. The van der Waals surface area contributed by atoms with Crippen molar-refractivity contribution in [3.05, 3.63) is 48.6 Å². The normalized spacial score (nSPS) is 12.5. The minimum absolute atomic E-state index is 0.0805. The highest BCUT2D eigenvalue weighted by molar-refractivity contribution is 5.70. The van der Waals surface area contributed by atoms with Crippen LogP contribution in [0.25, 0.3) is 0 Å². The Morgan fingerprint density at radius 3 is 1.16 bits per heavy atom. The molecule has 0 aliphatic carbocycles. The number of carbonyl (C=O) groups is 2. The molecule has 1 atom stereocenters. The topological polar surface area (TPSA) is 61.8 Å². The van der Waals surface area contributed by atoms with E-state index in [4.69, 9.17) is 14.2 Å². The van der Waals surface area contributed by atoms with Gasteiger partial charge in [-0.25, -0.2) is 0 Å². The summed E-state index contributed by atoms with van der Waals surface area (Å²) in [6.45, 7) is 7.75. The molecule has 62 heavy (non-hydrogen) atoms. The molecular formula is C57H104O5. The summed E-state index contributed by atoms with van der Waals surface area (Å²) in [6.07, 6.45) is 65.5. The second-order valence-corrected chi connectivity index (χ2v) is 18.1. The van der Waals surface area contributed by atoms with E-state index in [0.717, 1.165) is 64.2 Å². The summed E-state index contributed by atoms with van der Waals surface area (Å²) in [6, 6.07) is 0. The van der Waals surface area contributed by atoms with Crippen LogP contribution in [0, 0.1) is 0 Å². The van der Waals surface area contributed by atoms with Crippen molar-refractivity contribution in [3.63, 3.8) is 0 Å². The van der Waals surface area contributed by atoms with Gasteiger partial charge in [0.25, 0.3) is 0 Å². The van der Waals surface area contributed by atoms with Gasteiger partial charge in [-0.05, 0) is 77.0 Å². The van der Waals surface area contributed by atoms with E-state index in [1.54, 1.807) is 0 Å². The molecule has 362 valence electrons. The molecule has 0 aliphatic heterocycles. The fourth-order valence-corrected chi connectivity index (χ4v) is 7.76. The average molecular weight is 869 g/mol. The zero-order valence-electron chi connectivity index (χ0n) is 41.6. The number of allylic oxidation sites excluding steroid dienone is 8. The van der Waals surface area contributed by atoms with Crippen LogP contribution in [0.4, 0.5) is 0 Å². The number of hydrogen-bond acceptors (Lipinski definition) is 5. The monoisotopic (exact) mass is 869 g/mol. The Labute approximate surface area is 386 Å². The maximum atomic E-state index is 12.8. The van der Waals surface area contributed by atoms with Gasteiger partial charge in [0.2, 0.25) is 0 Å². The fourth-order valence-electron chi connectivity index (χ4n) is 7.76. The van der Waals surface area contributed by atoms with Crippen LogP contribution in [0.2, 0.25) is 0 Å². The number of carbonyl (C=O) groups excluding carboxylic acids is 2. The van der Waals surface area contributed by atoms with E-state index in [-0.39, 0.29) is 25.2 Å². The molecule has 0 aliphatic rings. The zero-order chi connectivity index (χ0) is 44.9. The van der Waals surface area contributed by atoms with E-state index in [1.165, 1.54) is 180 Å². The van der Waals surface area contributed by atoms with Gasteiger partial charge in [0.05, 0.1) is 6.61 Å². The summed E-state index contributed by atoms with van der Waals surface area (Å²) in [7, 11) is 0. The second kappa shape index (κ2) is 53.2. The second-order valence-electron chi connectivity index (χ2n) is 18.1. The van der Waals surface area contributed by atoms with Crippen molar-refractivity contribution in [2.45, 2.75) is 284 Å². The molecule has 0 amide bonds. The standard InChI is InChI=1S/C57H104O5/c1-4-7-10-13-16-19-22-25-27-28-29-31-34-37-40-43-46-49-52-60-53-55(62-57(59)51-48-45-42-39-36-32-24-21-18-15-12-9-6-3)54-61-56(58)50-47-44-41-38-35-33-30-26-23-20-17-14-11-8-5-2/h12,15-16,19,21,24-25,27,55H,4-11,13-14,17-18,20,22-23,26,28-54H2,1-3H3/b15-12-,19-16-,24-21-,27-25-. The molecular weight excluding hydrogens is 765 g/mol. The van der Waals surface area contributed by atoms with Gasteiger partial charge in [-0.2, -0.15) is 0 Å². The molecule has 0 saturated carbocycles. The van der Waals surface area contributed by atoms with Crippen LogP contribution in [-0.2, 0) is 23.8 Å². The third-order valence-electron chi connectivity index (χ3n) is 11.8. The number of ether oxygens (including phenoxy) is 3. The third kappa shape index (κ3) is 50.5. The van der Waals surface area contributed by atoms with Crippen molar-refractivity contribution in [1.29, 1.82) is 0 Å². The lowest BCUT2D eigenvalue weighted by Gasteiger charge is -2.18. The van der Waals surface area contributed by atoms with Crippen molar-refractivity contribution in [1.82, 2.24) is 0 Å². The van der Waals surface area contributed by atoms with Gasteiger partial charge in [-0.3, -0.25) is 9.59 Å². The molecule has 0 aromatic rings. The van der Waals surface area contributed by atoms with E-state index >= 15 is 0 Å². The Bertz CT molecular complexity index is 1030. The number of esters is 2. The van der Waals surface area contributed by atoms with E-state index < -0.39 is 6.10 Å². The minimum Gasteiger partial charge on any atom is -0.462 e. The first kappa shape index (κ1) is 59.9. The Hall–Kier alpha value is -2.14. The van der Waals surface area contributed by atoms with Crippen LogP contribution in [0.3, 0.4) is 0 Å². The SMILES string of the molecule is CCC/C=C\C/C=C\CCCCCCCC(=O)OC(COCCCCCCCCCC/C=C\C/C=C\CCCCC)COC(=O)CCCCCCCCCCCCCCCCC. The molecule has 0 aromatic heterocycles. The lowest BCUT2D eigenvalue weighted by molar-refractivity contribution is -0.163. The predicted octanol–water partition coefficient (Wildman–Crippen LogP) is 18.3. The van der Waals surface area contributed by atoms with Gasteiger partial charge in [-0.15, -0.1) is 0 Å². The largest absolute Gasteiger partial charge is 0.462 e. The summed E-state index contributed by atoms with van der Waals surface area (Å²) < 4.78 is 17.4. The van der Waals surface area contributed by atoms with Crippen molar-refractivity contribution in [2.24, 2.45) is 0 Å². The van der Waals surface area contributed by atoms with E-state index in [1.807, 2.05) is 0 Å². The van der Waals surface area contributed by atoms with Gasteiger partial charge in [0.1, 0.15) is 6.61 Å². The molecule has 0 N–H and O–H groups in total. The van der Waals surface area contributed by atoms with Crippen LogP contribution in [0.5, 0.6) is 0 Å². The molecule has 0 fully saturated rings. The van der Waals surface area contributed by atoms with Crippen LogP contribution in [-0.4, -0.2) is 37.9 Å². The summed E-state index contributed by atoms with van der Waals surface area (Å²) in [5, 5.41) is 0. The molecule has 0 bridgehead atoms. The van der Waals surface area contributed by atoms with Gasteiger partial charge >= 0.3 is 11.9 Å². The minimum atomic E-state index is -0.544. The summed E-state index contributed by atoms with van der Waals surface area (Å²) in [5.41, 5.74) is 0. The van der Waals surface area contributed by atoms with Crippen LogP contribution >= 0.6 is 0 Å². The first-order chi connectivity index (χ1) is 30.6. The average Bonchev–Trinajstić information content (AvgIpc) is 3.27. The molecule has 5 heteroatoms. The van der Waals surface area contributed by atoms with Crippen LogP contribution in [0.1, 0.15) is 278 Å². The van der Waals surface area contributed by atoms with E-state index in [9.17, 15) is 9.59 Å². The molecule has 0 heterocycles. The Kier molecular flexibility index (Phi) is 51.4. The molecule has 0 saturated heterocycles. The fraction of sp³-hybridized carbons (Fsp3) is 0.825. The lowest BCUT2D eigenvalue weighted by Crippen LogP contribution is -2.30. The van der Waals surface area contributed by atoms with Gasteiger partial charge in [0, 0.05) is 19.4 Å². The highest BCUT2D eigenvalue weighted by atomic mass is 16.6. The third-order valence-corrected chi connectivity index (χ3v) is 11.8. The zero-order valence-corrected chi connectivity index (χ0v) is 41.6. The Morgan fingerprint density at radius 2 is 0.710 bits per heavy atom. The van der Waals surface area contributed by atoms with Gasteiger partial charge in [-0.1, -0.05) is 236 Å². The Morgan fingerprint density at radius 1 is 0.355 bits per heavy atom.